The molecule has 2 aliphatic heterocycles. The van der Waals surface area contributed by atoms with Crippen molar-refractivity contribution < 1.29 is 18.7 Å². The number of nitrogens with one attached hydrogen (secondary N) is 1. The summed E-state index contributed by atoms with van der Waals surface area (Å²) >= 11 is 6.34. The molecule has 0 bridgehead atoms. The molecule has 2 aliphatic rings. The van der Waals surface area contributed by atoms with E-state index in [1.807, 2.05) is 18.7 Å². The van der Waals surface area contributed by atoms with Gasteiger partial charge in [-0.25, -0.2) is 9.38 Å². The zero-order valence-corrected chi connectivity index (χ0v) is 23.6. The number of amidine groups is 2. The molecular weight excluding hydrogens is 529 g/mol. The van der Waals surface area contributed by atoms with Crippen LogP contribution in [0.2, 0.25) is 5.02 Å². The third-order valence-electron chi connectivity index (χ3n) is 6.03. The Hall–Kier alpha value is -3.50. The van der Waals surface area contributed by atoms with E-state index in [-0.39, 0.29) is 35.9 Å². The van der Waals surface area contributed by atoms with Gasteiger partial charge in [0.05, 0.1) is 30.5 Å². The molecule has 0 aliphatic carbocycles. The van der Waals surface area contributed by atoms with Gasteiger partial charge in [-0.1, -0.05) is 18.5 Å². The van der Waals surface area contributed by atoms with E-state index in [2.05, 4.69) is 10.3 Å². The second-order valence-corrected chi connectivity index (χ2v) is 9.43. The number of carbonyl (C=O) groups is 1. The fraction of sp³-hybridized carbons (Fsp3) is 0.296. The van der Waals surface area contributed by atoms with Gasteiger partial charge in [0.15, 0.2) is 5.82 Å². The summed E-state index contributed by atoms with van der Waals surface area (Å²) in [6.07, 6.45) is 3.02. The third kappa shape index (κ3) is 5.66. The highest BCUT2D eigenvalue weighted by molar-refractivity contribution is 7.59. The van der Waals surface area contributed by atoms with Gasteiger partial charge in [0, 0.05) is 29.6 Å². The molecule has 0 saturated heterocycles. The van der Waals surface area contributed by atoms with E-state index in [9.17, 15) is 4.79 Å². The Morgan fingerprint density at radius 1 is 1.24 bits per heavy atom. The number of nitrogens with two attached hydrogens (primary N) is 1. The van der Waals surface area contributed by atoms with Gasteiger partial charge in [-0.05, 0) is 56.7 Å². The first-order valence-corrected chi connectivity index (χ1v) is 12.2. The maximum absolute atomic E-state index is 15.5. The monoisotopic (exact) mass is 559 g/mol. The molecule has 2 aromatic carbocycles. The van der Waals surface area contributed by atoms with Gasteiger partial charge in [0.25, 0.3) is 5.91 Å². The van der Waals surface area contributed by atoms with Crippen LogP contribution in [0, 0.1) is 5.82 Å². The maximum atomic E-state index is 15.5. The van der Waals surface area contributed by atoms with E-state index in [0.717, 1.165) is 11.3 Å². The summed E-state index contributed by atoms with van der Waals surface area (Å²) in [5.41, 5.74) is 8.60. The van der Waals surface area contributed by atoms with Crippen molar-refractivity contribution in [2.75, 3.05) is 19.0 Å². The van der Waals surface area contributed by atoms with Crippen LogP contribution in [-0.2, 0) is 0 Å². The summed E-state index contributed by atoms with van der Waals surface area (Å²) < 4.78 is 26.7. The molecule has 2 heterocycles. The van der Waals surface area contributed by atoms with E-state index < -0.39 is 17.6 Å². The van der Waals surface area contributed by atoms with Gasteiger partial charge < -0.3 is 20.5 Å². The lowest BCUT2D eigenvalue weighted by Crippen LogP contribution is -2.40. The topological polar surface area (TPSA) is 102 Å². The number of carbonyl (C=O) groups excluding carboxylic acids is 1. The molecule has 8 nitrogen and oxygen atoms in total. The Bertz CT molecular complexity index is 1360. The number of aliphatic imine (C=N–C) groups is 2. The smallest absolute Gasteiger partial charge is 0.262 e. The Labute approximate surface area is 233 Å². The van der Waals surface area contributed by atoms with Crippen molar-refractivity contribution in [3.05, 3.63) is 76.0 Å². The summed E-state index contributed by atoms with van der Waals surface area (Å²) in [7, 11) is 1.55. The number of rotatable bonds is 7. The number of hydrogen-bond acceptors (Lipinski definition) is 7. The number of methoxy groups -OCH3 is 1. The number of fused-ring (bicyclic) bond motifs is 1. The van der Waals surface area contributed by atoms with Crippen molar-refractivity contribution in [2.45, 2.75) is 39.7 Å². The molecule has 0 fully saturated rings. The standard InChI is InChI=1S/C27H29ClFN5O3.H2S/c1-14(2)37-24-19(16(4)26-32-13-15(3)23-25(30)31-10-11-34(23)26)12-20(28)22(29)21(24)27(35)33-17-6-8-18(36-5)9-7-17;/h6-12,14,16H,13H2,1-5H3,(H2,30,31)(H,33,35);1H2/t16-;/m0./s1. The van der Waals surface area contributed by atoms with Crippen molar-refractivity contribution in [1.82, 2.24) is 4.90 Å². The molecule has 3 N–H and O–H groups in total. The summed E-state index contributed by atoms with van der Waals surface area (Å²) in [6, 6.07) is 8.19. The zero-order chi connectivity index (χ0) is 26.9. The molecule has 0 radical (unpaired) electrons. The lowest BCUT2D eigenvalue weighted by molar-refractivity contribution is 0.101. The van der Waals surface area contributed by atoms with Crippen LogP contribution in [0.15, 0.2) is 64.0 Å². The molecule has 0 saturated carbocycles. The first-order chi connectivity index (χ1) is 17.6. The number of nitrogens with zero attached hydrogens (tertiary/aromatic N) is 3. The lowest BCUT2D eigenvalue weighted by atomic mass is 9.93. The van der Waals surface area contributed by atoms with Crippen LogP contribution in [0.3, 0.4) is 0 Å². The van der Waals surface area contributed by atoms with Gasteiger partial charge in [0.1, 0.15) is 28.7 Å². The largest absolute Gasteiger partial charge is 0.497 e. The van der Waals surface area contributed by atoms with Crippen LogP contribution in [0.4, 0.5) is 10.1 Å². The van der Waals surface area contributed by atoms with Gasteiger partial charge >= 0.3 is 0 Å². The average Bonchev–Trinajstić information content (AvgIpc) is 2.86. The molecule has 0 aromatic heterocycles. The number of anilines is 1. The molecule has 1 atom stereocenters. The molecule has 11 heteroatoms. The zero-order valence-electron chi connectivity index (χ0n) is 21.8. The Kier molecular flexibility index (Phi) is 9.11. The molecule has 202 valence electrons. The summed E-state index contributed by atoms with van der Waals surface area (Å²) in [4.78, 5) is 24.2. The second-order valence-electron chi connectivity index (χ2n) is 9.02. The molecule has 0 unspecified atom stereocenters. The highest BCUT2D eigenvalue weighted by atomic mass is 35.5. The van der Waals surface area contributed by atoms with Crippen molar-refractivity contribution in [1.29, 1.82) is 0 Å². The average molecular weight is 560 g/mol. The number of hydrogen-bond donors (Lipinski definition) is 2. The predicted octanol–water partition coefficient (Wildman–Crippen LogP) is 5.57. The molecular formula is C27H31ClFN5O3S. The Morgan fingerprint density at radius 3 is 2.55 bits per heavy atom. The minimum absolute atomic E-state index is 0. The van der Waals surface area contributed by atoms with E-state index in [1.165, 1.54) is 6.07 Å². The van der Waals surface area contributed by atoms with Crippen LogP contribution < -0.4 is 20.5 Å². The van der Waals surface area contributed by atoms with Crippen molar-refractivity contribution >= 4 is 48.4 Å². The normalized spacial score (nSPS) is 15.3. The fourth-order valence-electron chi connectivity index (χ4n) is 4.27. The van der Waals surface area contributed by atoms with Gasteiger partial charge in [-0.3, -0.25) is 14.7 Å². The Balaban J connectivity index is 0.00000400. The van der Waals surface area contributed by atoms with Gasteiger partial charge in [-0.15, -0.1) is 0 Å². The van der Waals surface area contributed by atoms with Gasteiger partial charge in [-0.2, -0.15) is 13.5 Å². The highest BCUT2D eigenvalue weighted by Gasteiger charge is 2.33. The fourth-order valence-corrected chi connectivity index (χ4v) is 4.49. The molecule has 4 rings (SSSR count). The van der Waals surface area contributed by atoms with Crippen molar-refractivity contribution in [2.24, 2.45) is 15.7 Å². The van der Waals surface area contributed by atoms with Crippen LogP contribution in [0.5, 0.6) is 11.5 Å². The molecule has 2 aromatic rings. The number of ether oxygens (including phenoxy) is 2. The summed E-state index contributed by atoms with van der Waals surface area (Å²) in [5.74, 6) is -0.226. The second kappa shape index (κ2) is 11.9. The first kappa shape index (κ1) is 29.1. The SMILES string of the molecule is COc1ccc(NC(=O)c2c(F)c(Cl)cc([C@H](C)C3=NCC(C)=C4C(N)=NC=CN34)c2OC(C)C)cc1.S. The number of benzene rings is 2. The minimum Gasteiger partial charge on any atom is -0.497 e. The number of amides is 1. The van der Waals surface area contributed by atoms with Crippen LogP contribution in [-0.4, -0.2) is 42.2 Å². The Morgan fingerprint density at radius 2 is 1.92 bits per heavy atom. The minimum atomic E-state index is -0.865. The van der Waals surface area contributed by atoms with E-state index >= 15 is 4.39 Å². The van der Waals surface area contributed by atoms with Gasteiger partial charge in [0.2, 0.25) is 0 Å². The van der Waals surface area contributed by atoms with E-state index in [1.54, 1.807) is 57.6 Å². The summed E-state index contributed by atoms with van der Waals surface area (Å²) in [6.45, 7) is 7.88. The third-order valence-corrected chi connectivity index (χ3v) is 6.30. The van der Waals surface area contributed by atoms with Crippen LogP contribution >= 0.6 is 25.1 Å². The quantitative estimate of drug-likeness (QED) is 0.461. The van der Waals surface area contributed by atoms with E-state index in [0.29, 0.717) is 35.2 Å². The van der Waals surface area contributed by atoms with Crippen LogP contribution in [0.25, 0.3) is 0 Å². The summed E-state index contributed by atoms with van der Waals surface area (Å²) in [5, 5.41) is 2.53. The van der Waals surface area contributed by atoms with Crippen molar-refractivity contribution in [3.8, 4) is 11.5 Å². The van der Waals surface area contributed by atoms with E-state index in [4.69, 9.17) is 31.8 Å². The molecule has 38 heavy (non-hydrogen) atoms. The van der Waals surface area contributed by atoms with Crippen molar-refractivity contribution in [3.63, 3.8) is 0 Å². The maximum Gasteiger partial charge on any atom is 0.262 e. The predicted molar refractivity (Wildman–Crippen MR) is 155 cm³/mol. The van der Waals surface area contributed by atoms with Crippen LogP contribution in [0.1, 0.15) is 49.5 Å². The lowest BCUT2D eigenvalue weighted by Gasteiger charge is -2.35. The first-order valence-electron chi connectivity index (χ1n) is 11.8. The molecule has 0 spiro atoms. The molecule has 1 amide bonds. The number of halogens is 2. The highest BCUT2D eigenvalue weighted by Crippen LogP contribution is 2.40.